The molecule has 1 aromatic carbocycles. The van der Waals surface area contributed by atoms with E-state index < -0.39 is 18.0 Å². The second kappa shape index (κ2) is 11.0. The molecule has 0 unspecified atom stereocenters. The highest BCUT2D eigenvalue weighted by molar-refractivity contribution is 5.97. The van der Waals surface area contributed by atoms with Crippen LogP contribution in [0.5, 0.6) is 5.88 Å². The number of esters is 1. The fourth-order valence-electron chi connectivity index (χ4n) is 3.92. The van der Waals surface area contributed by atoms with Crippen LogP contribution in [0.2, 0.25) is 0 Å². The van der Waals surface area contributed by atoms with Crippen LogP contribution in [0.1, 0.15) is 49.2 Å². The Kier molecular flexibility index (Phi) is 7.59. The minimum atomic E-state index is -0.989. The minimum absolute atomic E-state index is 0.242. The maximum Gasteiger partial charge on any atom is 0.342 e. The van der Waals surface area contributed by atoms with Gasteiger partial charge < -0.3 is 19.7 Å². The van der Waals surface area contributed by atoms with Crippen LogP contribution in [-0.4, -0.2) is 57.7 Å². The number of hydrogen-bond donors (Lipinski definition) is 1. The van der Waals surface area contributed by atoms with Crippen molar-refractivity contribution < 1.29 is 19.1 Å². The number of benzene rings is 1. The monoisotopic (exact) mass is 478 g/mol. The molecule has 0 aliphatic carbocycles. The van der Waals surface area contributed by atoms with E-state index in [2.05, 4.69) is 25.5 Å². The van der Waals surface area contributed by atoms with Gasteiger partial charge in [-0.2, -0.15) is 5.10 Å². The maximum atomic E-state index is 12.7. The average molecular weight is 479 g/mol. The number of aromatic nitrogens is 4. The van der Waals surface area contributed by atoms with E-state index in [0.717, 1.165) is 18.8 Å². The Morgan fingerprint density at radius 3 is 2.46 bits per heavy atom. The molecule has 1 aliphatic rings. The Balaban J connectivity index is 1.35. The Bertz CT molecular complexity index is 1150. The molecule has 2 aromatic heterocycles. The molecule has 184 valence electrons. The normalized spacial score (nSPS) is 14.3. The van der Waals surface area contributed by atoms with Crippen LogP contribution < -0.4 is 15.0 Å². The number of rotatable bonds is 8. The minimum Gasteiger partial charge on any atom is -0.477 e. The first-order valence-electron chi connectivity index (χ1n) is 11.8. The van der Waals surface area contributed by atoms with Gasteiger partial charge >= 0.3 is 5.97 Å². The molecule has 0 saturated carbocycles. The molecule has 4 rings (SSSR count). The van der Waals surface area contributed by atoms with Gasteiger partial charge in [-0.15, -0.1) is 10.2 Å². The van der Waals surface area contributed by atoms with Crippen LogP contribution in [0.3, 0.4) is 0 Å². The maximum absolute atomic E-state index is 12.7. The van der Waals surface area contributed by atoms with Gasteiger partial charge in [-0.25, -0.2) is 9.48 Å². The standard InChI is InChI=1S/C25H30N6O4/c1-4-34-23-13-12-22(28-29-23)31-17(2)21(16-26-31)25(33)35-18(3)24(32)27-19-8-10-20(11-9-19)30-14-6-5-7-15-30/h8-13,16,18H,4-7,14-15H2,1-3H3,(H,27,32)/t18-/m0/s1. The summed E-state index contributed by atoms with van der Waals surface area (Å²) < 4.78 is 12.2. The summed E-state index contributed by atoms with van der Waals surface area (Å²) in [4.78, 5) is 27.7. The van der Waals surface area contributed by atoms with Gasteiger partial charge in [0.05, 0.1) is 18.5 Å². The van der Waals surface area contributed by atoms with Crippen LogP contribution in [0.4, 0.5) is 11.4 Å². The Labute approximate surface area is 204 Å². The molecule has 35 heavy (non-hydrogen) atoms. The summed E-state index contributed by atoms with van der Waals surface area (Å²) in [5.74, 6) is -0.215. The van der Waals surface area contributed by atoms with E-state index in [4.69, 9.17) is 9.47 Å². The van der Waals surface area contributed by atoms with Gasteiger partial charge in [-0.1, -0.05) is 0 Å². The molecule has 0 bridgehead atoms. The summed E-state index contributed by atoms with van der Waals surface area (Å²) in [6, 6.07) is 11.1. The summed E-state index contributed by atoms with van der Waals surface area (Å²) in [6.45, 7) is 7.71. The molecule has 0 radical (unpaired) electrons. The van der Waals surface area contributed by atoms with Crippen molar-refractivity contribution in [1.82, 2.24) is 20.0 Å². The first kappa shape index (κ1) is 24.2. The third-order valence-electron chi connectivity index (χ3n) is 5.87. The van der Waals surface area contributed by atoms with Gasteiger partial charge in [0.25, 0.3) is 5.91 Å². The van der Waals surface area contributed by atoms with E-state index in [1.807, 2.05) is 31.2 Å². The fourth-order valence-corrected chi connectivity index (χ4v) is 3.92. The molecule has 1 saturated heterocycles. The van der Waals surface area contributed by atoms with E-state index in [9.17, 15) is 9.59 Å². The van der Waals surface area contributed by atoms with Crippen LogP contribution in [0.15, 0.2) is 42.6 Å². The SMILES string of the molecule is CCOc1ccc(-n2ncc(C(=O)O[C@@H](C)C(=O)Nc3ccc(N4CCCCC4)cc3)c2C)nn1. The second-order valence-electron chi connectivity index (χ2n) is 8.35. The molecule has 10 heteroatoms. The number of hydrogen-bond acceptors (Lipinski definition) is 8. The molecule has 0 spiro atoms. The lowest BCUT2D eigenvalue weighted by molar-refractivity contribution is -0.123. The third-order valence-corrected chi connectivity index (χ3v) is 5.87. The number of anilines is 2. The van der Waals surface area contributed by atoms with Crippen LogP contribution in [-0.2, 0) is 9.53 Å². The van der Waals surface area contributed by atoms with Gasteiger partial charge in [0.1, 0.15) is 5.56 Å². The van der Waals surface area contributed by atoms with Crippen molar-refractivity contribution >= 4 is 23.3 Å². The molecule has 3 heterocycles. The van der Waals surface area contributed by atoms with E-state index >= 15 is 0 Å². The van der Waals surface area contributed by atoms with Crippen molar-refractivity contribution in [3.05, 3.63) is 53.9 Å². The molecular formula is C25H30N6O4. The van der Waals surface area contributed by atoms with E-state index in [-0.39, 0.29) is 5.56 Å². The zero-order chi connectivity index (χ0) is 24.8. The van der Waals surface area contributed by atoms with Gasteiger partial charge in [-0.05, 0) is 70.4 Å². The van der Waals surface area contributed by atoms with Crippen molar-refractivity contribution in [2.24, 2.45) is 0 Å². The van der Waals surface area contributed by atoms with Crippen molar-refractivity contribution in [1.29, 1.82) is 0 Å². The lowest BCUT2D eigenvalue weighted by atomic mass is 10.1. The van der Waals surface area contributed by atoms with Crippen LogP contribution in [0.25, 0.3) is 5.82 Å². The first-order valence-corrected chi connectivity index (χ1v) is 11.8. The van der Waals surface area contributed by atoms with Crippen molar-refractivity contribution in [2.75, 3.05) is 29.9 Å². The number of piperidine rings is 1. The lowest BCUT2D eigenvalue weighted by Gasteiger charge is -2.28. The second-order valence-corrected chi connectivity index (χ2v) is 8.35. The summed E-state index contributed by atoms with van der Waals surface area (Å²) in [6.07, 6.45) is 4.08. The third kappa shape index (κ3) is 5.76. The highest BCUT2D eigenvalue weighted by Crippen LogP contribution is 2.22. The Morgan fingerprint density at radius 1 is 1.06 bits per heavy atom. The summed E-state index contributed by atoms with van der Waals surface area (Å²) in [5, 5.41) is 15.1. The van der Waals surface area contributed by atoms with Gasteiger partial charge in [0.2, 0.25) is 5.88 Å². The van der Waals surface area contributed by atoms with Crippen molar-refractivity contribution in [3.63, 3.8) is 0 Å². The summed E-state index contributed by atoms with van der Waals surface area (Å²) in [7, 11) is 0. The molecular weight excluding hydrogens is 448 g/mol. The number of nitrogens with zero attached hydrogens (tertiary/aromatic N) is 5. The number of carbonyl (C=O) groups is 2. The van der Waals surface area contributed by atoms with Crippen LogP contribution >= 0.6 is 0 Å². The summed E-state index contributed by atoms with van der Waals surface area (Å²) >= 11 is 0. The molecule has 1 amide bonds. The summed E-state index contributed by atoms with van der Waals surface area (Å²) in [5.41, 5.74) is 2.56. The van der Waals surface area contributed by atoms with E-state index in [1.54, 1.807) is 19.1 Å². The molecule has 10 nitrogen and oxygen atoms in total. The van der Waals surface area contributed by atoms with Gasteiger partial charge in [-0.3, -0.25) is 4.79 Å². The van der Waals surface area contributed by atoms with Crippen molar-refractivity contribution in [2.45, 2.75) is 46.1 Å². The topological polar surface area (TPSA) is 111 Å². The Morgan fingerprint density at radius 2 is 1.80 bits per heavy atom. The van der Waals surface area contributed by atoms with Crippen molar-refractivity contribution in [3.8, 4) is 11.7 Å². The zero-order valence-electron chi connectivity index (χ0n) is 20.2. The number of amides is 1. The number of nitrogens with one attached hydrogen (secondary N) is 1. The molecule has 1 N–H and O–H groups in total. The van der Waals surface area contributed by atoms with E-state index in [1.165, 1.54) is 37.1 Å². The van der Waals surface area contributed by atoms with E-state index in [0.29, 0.717) is 29.7 Å². The lowest BCUT2D eigenvalue weighted by Crippen LogP contribution is -2.30. The molecule has 1 atom stereocenters. The predicted octanol–water partition coefficient (Wildman–Crippen LogP) is 3.54. The van der Waals surface area contributed by atoms with Crippen LogP contribution in [0, 0.1) is 6.92 Å². The quantitative estimate of drug-likeness (QED) is 0.490. The number of carbonyl (C=O) groups excluding carboxylic acids is 2. The Hall–Kier alpha value is -3.95. The average Bonchev–Trinajstić information content (AvgIpc) is 3.27. The van der Waals surface area contributed by atoms with Gasteiger partial charge in [0, 0.05) is 30.5 Å². The fraction of sp³-hybridized carbons (Fsp3) is 0.400. The largest absolute Gasteiger partial charge is 0.477 e. The first-order chi connectivity index (χ1) is 17.0. The zero-order valence-corrected chi connectivity index (χ0v) is 20.2. The molecule has 1 fully saturated rings. The van der Waals surface area contributed by atoms with Gasteiger partial charge in [0.15, 0.2) is 11.9 Å². The molecule has 1 aliphatic heterocycles. The molecule has 3 aromatic rings. The highest BCUT2D eigenvalue weighted by Gasteiger charge is 2.23. The predicted molar refractivity (Wildman–Crippen MR) is 131 cm³/mol. The highest BCUT2D eigenvalue weighted by atomic mass is 16.5. The number of ether oxygens (including phenoxy) is 2. The smallest absolute Gasteiger partial charge is 0.342 e.